The van der Waals surface area contributed by atoms with Gasteiger partial charge in [-0.05, 0) is 12.8 Å². The molecular formula is C7H18NO2P. The third-order valence-corrected chi connectivity index (χ3v) is 2.26. The molecule has 0 aromatic heterocycles. The van der Waals surface area contributed by atoms with Crippen LogP contribution in [0.5, 0.6) is 0 Å². The number of hydrogen-bond donors (Lipinski definition) is 1. The summed E-state index contributed by atoms with van der Waals surface area (Å²) in [4.78, 5) is 0. The number of unbranched alkanes of at least 4 members (excludes halogenated alkanes) is 1. The van der Waals surface area contributed by atoms with E-state index in [2.05, 4.69) is 12.0 Å². The molecule has 0 heterocycles. The molecule has 0 aromatic carbocycles. The Hall–Kier alpha value is 0.150. The lowest BCUT2D eigenvalue weighted by Gasteiger charge is -2.03. The lowest BCUT2D eigenvalue weighted by molar-refractivity contribution is 0.315. The molecule has 4 heteroatoms. The van der Waals surface area contributed by atoms with Gasteiger partial charge >= 0.3 is 0 Å². The minimum absolute atomic E-state index is 0.616. The number of hydrogen-bond acceptors (Lipinski definition) is 2. The van der Waals surface area contributed by atoms with Crippen LogP contribution >= 0.6 is 8.18 Å². The second-order valence-corrected chi connectivity index (χ2v) is 3.63. The Balaban J connectivity index is 3.09. The van der Waals surface area contributed by atoms with Crippen LogP contribution in [0.3, 0.4) is 0 Å². The summed E-state index contributed by atoms with van der Waals surface area (Å²) in [6.45, 7) is 5.52. The molecule has 1 unspecified atom stereocenters. The monoisotopic (exact) mass is 179 g/mol. The van der Waals surface area contributed by atoms with E-state index < -0.39 is 8.18 Å². The van der Waals surface area contributed by atoms with Gasteiger partial charge in [-0.3, -0.25) is 4.57 Å². The van der Waals surface area contributed by atoms with Gasteiger partial charge in [-0.15, -0.1) is 0 Å². The maximum Gasteiger partial charge on any atom is 0.258 e. The fourth-order valence-corrected chi connectivity index (χ4v) is 1.47. The van der Waals surface area contributed by atoms with Crippen LogP contribution in [-0.2, 0) is 9.09 Å². The summed E-state index contributed by atoms with van der Waals surface area (Å²) >= 11 is 0. The van der Waals surface area contributed by atoms with E-state index in [9.17, 15) is 4.57 Å². The van der Waals surface area contributed by atoms with Crippen LogP contribution in [-0.4, -0.2) is 13.2 Å². The Morgan fingerprint density at radius 1 is 1.36 bits per heavy atom. The molecule has 0 spiro atoms. The topological polar surface area (TPSA) is 38.3 Å². The zero-order valence-electron chi connectivity index (χ0n) is 7.35. The Morgan fingerprint density at radius 2 is 2.09 bits per heavy atom. The van der Waals surface area contributed by atoms with E-state index >= 15 is 0 Å². The highest BCUT2D eigenvalue weighted by Gasteiger charge is 1.94. The summed E-state index contributed by atoms with van der Waals surface area (Å²) in [5.41, 5.74) is 0. The Kier molecular flexibility index (Phi) is 8.36. The summed E-state index contributed by atoms with van der Waals surface area (Å²) in [5.74, 6) is 0. The Morgan fingerprint density at radius 3 is 2.64 bits per heavy atom. The second-order valence-electron chi connectivity index (χ2n) is 2.42. The second kappa shape index (κ2) is 8.25. The molecule has 0 fully saturated rings. The molecule has 0 saturated heterocycles. The van der Waals surface area contributed by atoms with Gasteiger partial charge in [0, 0.05) is 6.54 Å². The molecule has 11 heavy (non-hydrogen) atoms. The average Bonchev–Trinajstić information content (AvgIpc) is 2.01. The third kappa shape index (κ3) is 8.05. The normalized spacial score (nSPS) is 13.3. The molecule has 0 aliphatic carbocycles. The van der Waals surface area contributed by atoms with Gasteiger partial charge in [0.15, 0.2) is 0 Å². The van der Waals surface area contributed by atoms with Crippen molar-refractivity contribution in [3.8, 4) is 0 Å². The smallest absolute Gasteiger partial charge is 0.258 e. The van der Waals surface area contributed by atoms with Gasteiger partial charge in [0.05, 0.1) is 6.61 Å². The van der Waals surface area contributed by atoms with E-state index in [1.54, 1.807) is 0 Å². The standard InChI is InChI=1S/C7H18NO2P/c1-3-5-7-10-11(9)8-6-4-2/h11H,3-7H2,1-2H3,(H,8,9). The number of rotatable bonds is 7. The number of nitrogens with one attached hydrogen (secondary N) is 1. The largest absolute Gasteiger partial charge is 0.320 e. The van der Waals surface area contributed by atoms with Crippen molar-refractivity contribution in [3.05, 3.63) is 0 Å². The van der Waals surface area contributed by atoms with Crippen molar-refractivity contribution in [2.24, 2.45) is 0 Å². The van der Waals surface area contributed by atoms with Crippen LogP contribution in [0.4, 0.5) is 0 Å². The Labute approximate surface area is 69.4 Å². The Bertz CT molecular complexity index is 109. The van der Waals surface area contributed by atoms with E-state index in [1.807, 2.05) is 6.92 Å². The summed E-state index contributed by atoms with van der Waals surface area (Å²) in [7, 11) is -1.92. The van der Waals surface area contributed by atoms with Gasteiger partial charge in [0.1, 0.15) is 0 Å². The molecule has 1 N–H and O–H groups in total. The molecule has 1 atom stereocenters. The SMILES string of the molecule is CCCCO[PH](=O)NCCC. The molecule has 0 amide bonds. The first kappa shape index (κ1) is 11.2. The van der Waals surface area contributed by atoms with Gasteiger partial charge in [0.2, 0.25) is 0 Å². The summed E-state index contributed by atoms with van der Waals surface area (Å²) < 4.78 is 15.9. The predicted molar refractivity (Wildman–Crippen MR) is 48.2 cm³/mol. The summed E-state index contributed by atoms with van der Waals surface area (Å²) in [5, 5.41) is 2.82. The van der Waals surface area contributed by atoms with E-state index in [0.29, 0.717) is 6.61 Å². The van der Waals surface area contributed by atoms with Crippen LogP contribution < -0.4 is 5.09 Å². The molecule has 68 valence electrons. The first-order valence-corrected chi connectivity index (χ1v) is 5.53. The molecule has 0 rings (SSSR count). The fourth-order valence-electron chi connectivity index (χ4n) is 0.587. The quantitative estimate of drug-likeness (QED) is 0.481. The van der Waals surface area contributed by atoms with E-state index in [4.69, 9.17) is 4.52 Å². The highest BCUT2D eigenvalue weighted by molar-refractivity contribution is 7.36. The van der Waals surface area contributed by atoms with Crippen molar-refractivity contribution >= 4 is 8.18 Å². The minimum Gasteiger partial charge on any atom is -0.320 e. The third-order valence-electron chi connectivity index (χ3n) is 1.25. The predicted octanol–water partition coefficient (Wildman–Crippen LogP) is 2.19. The van der Waals surface area contributed by atoms with Crippen LogP contribution in [0.15, 0.2) is 0 Å². The lowest BCUT2D eigenvalue weighted by atomic mass is 10.4. The van der Waals surface area contributed by atoms with Gasteiger partial charge in [-0.2, -0.15) is 0 Å². The maximum atomic E-state index is 10.9. The zero-order valence-corrected chi connectivity index (χ0v) is 8.35. The van der Waals surface area contributed by atoms with Gasteiger partial charge in [0.25, 0.3) is 8.18 Å². The van der Waals surface area contributed by atoms with Crippen molar-refractivity contribution in [1.29, 1.82) is 0 Å². The van der Waals surface area contributed by atoms with Crippen LogP contribution in [0, 0.1) is 0 Å². The molecule has 0 aromatic rings. The highest BCUT2D eigenvalue weighted by atomic mass is 31.1. The molecule has 0 aliphatic heterocycles. The maximum absolute atomic E-state index is 10.9. The van der Waals surface area contributed by atoms with Gasteiger partial charge < -0.3 is 4.52 Å². The fraction of sp³-hybridized carbons (Fsp3) is 1.00. The van der Waals surface area contributed by atoms with Crippen LogP contribution in [0.2, 0.25) is 0 Å². The van der Waals surface area contributed by atoms with Crippen molar-refractivity contribution in [2.75, 3.05) is 13.2 Å². The van der Waals surface area contributed by atoms with Crippen LogP contribution in [0.25, 0.3) is 0 Å². The molecule has 0 saturated carbocycles. The van der Waals surface area contributed by atoms with Gasteiger partial charge in [-0.1, -0.05) is 20.3 Å². The highest BCUT2D eigenvalue weighted by Crippen LogP contribution is 2.15. The summed E-state index contributed by atoms with van der Waals surface area (Å²) in [6, 6.07) is 0. The van der Waals surface area contributed by atoms with Gasteiger partial charge in [-0.25, -0.2) is 5.09 Å². The average molecular weight is 179 g/mol. The van der Waals surface area contributed by atoms with E-state index in [1.165, 1.54) is 0 Å². The van der Waals surface area contributed by atoms with Crippen molar-refractivity contribution in [1.82, 2.24) is 5.09 Å². The molecule has 0 radical (unpaired) electrons. The van der Waals surface area contributed by atoms with E-state index in [0.717, 1.165) is 25.8 Å². The van der Waals surface area contributed by atoms with Crippen molar-refractivity contribution in [2.45, 2.75) is 33.1 Å². The van der Waals surface area contributed by atoms with Crippen molar-refractivity contribution < 1.29 is 9.09 Å². The minimum atomic E-state index is -1.92. The van der Waals surface area contributed by atoms with Crippen LogP contribution in [0.1, 0.15) is 33.1 Å². The first-order valence-electron chi connectivity index (χ1n) is 4.21. The molecular weight excluding hydrogens is 161 g/mol. The molecule has 0 aliphatic rings. The van der Waals surface area contributed by atoms with E-state index in [-0.39, 0.29) is 0 Å². The molecule has 0 bridgehead atoms. The molecule has 3 nitrogen and oxygen atoms in total. The van der Waals surface area contributed by atoms with Crippen molar-refractivity contribution in [3.63, 3.8) is 0 Å². The zero-order chi connectivity index (χ0) is 8.53. The first-order chi connectivity index (χ1) is 5.31. The summed E-state index contributed by atoms with van der Waals surface area (Å²) in [6.07, 6.45) is 3.07. The lowest BCUT2D eigenvalue weighted by Crippen LogP contribution is -2.05.